The molecule has 0 aliphatic carbocycles. The lowest BCUT2D eigenvalue weighted by atomic mass is 10.1. The third kappa shape index (κ3) is 3.24. The Morgan fingerprint density at radius 2 is 1.58 bits per heavy atom. The molecule has 0 saturated heterocycles. The molecule has 2 aromatic carbocycles. The number of benzene rings is 2. The molecule has 3 aromatic rings. The highest BCUT2D eigenvalue weighted by Crippen LogP contribution is 2.32. The molecule has 0 bridgehead atoms. The summed E-state index contributed by atoms with van der Waals surface area (Å²) in [5, 5.41) is 0.784. The van der Waals surface area contributed by atoms with Gasteiger partial charge in [-0.25, -0.2) is 8.42 Å². The van der Waals surface area contributed by atoms with Crippen LogP contribution >= 0.6 is 0 Å². The van der Waals surface area contributed by atoms with Crippen molar-refractivity contribution in [2.75, 3.05) is 0 Å². The normalized spacial score (nSPS) is 11.9. The first kappa shape index (κ1) is 16.8. The molecule has 0 atom stereocenters. The lowest BCUT2D eigenvalue weighted by molar-refractivity contribution is 0.594. The number of aromatic amines is 1. The van der Waals surface area contributed by atoms with E-state index in [1.165, 1.54) is 12.8 Å². The summed E-state index contributed by atoms with van der Waals surface area (Å²) in [5.41, 5.74) is 1.72. The minimum atomic E-state index is -3.53. The molecule has 0 unspecified atom stereocenters. The molecule has 0 spiro atoms. The predicted molar refractivity (Wildman–Crippen MR) is 98.0 cm³/mol. The lowest BCUT2D eigenvalue weighted by Crippen LogP contribution is -2.05. The topological polar surface area (TPSA) is 49.9 Å². The van der Waals surface area contributed by atoms with Gasteiger partial charge in [0, 0.05) is 16.6 Å². The van der Waals surface area contributed by atoms with Gasteiger partial charge < -0.3 is 4.98 Å². The van der Waals surface area contributed by atoms with Crippen LogP contribution in [0.4, 0.5) is 0 Å². The Morgan fingerprint density at radius 3 is 2.33 bits per heavy atom. The zero-order valence-electron chi connectivity index (χ0n) is 14.0. The van der Waals surface area contributed by atoms with Crippen LogP contribution in [0.2, 0.25) is 0 Å². The Kier molecular flexibility index (Phi) is 5.05. The second kappa shape index (κ2) is 7.22. The van der Waals surface area contributed by atoms with Gasteiger partial charge >= 0.3 is 0 Å². The van der Waals surface area contributed by atoms with Gasteiger partial charge in [-0.3, -0.25) is 0 Å². The van der Waals surface area contributed by atoms with Crippen molar-refractivity contribution in [3.8, 4) is 0 Å². The molecular weight excluding hydrogens is 318 g/mol. The van der Waals surface area contributed by atoms with Gasteiger partial charge in [-0.05, 0) is 31.0 Å². The summed E-state index contributed by atoms with van der Waals surface area (Å²) in [6, 6.07) is 16.3. The second-order valence-corrected chi connectivity index (χ2v) is 7.99. The summed E-state index contributed by atoms with van der Waals surface area (Å²) in [7, 11) is -3.53. The van der Waals surface area contributed by atoms with E-state index in [2.05, 4.69) is 11.9 Å². The minimum Gasteiger partial charge on any atom is -0.357 e. The van der Waals surface area contributed by atoms with Crippen LogP contribution in [0.1, 0.15) is 38.3 Å². The van der Waals surface area contributed by atoms with Crippen LogP contribution in [0.5, 0.6) is 0 Å². The van der Waals surface area contributed by atoms with Crippen LogP contribution in [-0.2, 0) is 16.3 Å². The predicted octanol–water partition coefficient (Wildman–Crippen LogP) is 5.12. The maximum Gasteiger partial charge on any atom is 0.208 e. The fourth-order valence-electron chi connectivity index (χ4n) is 3.10. The van der Waals surface area contributed by atoms with Gasteiger partial charge in [-0.15, -0.1) is 0 Å². The largest absolute Gasteiger partial charge is 0.357 e. The van der Waals surface area contributed by atoms with Crippen molar-refractivity contribution in [2.45, 2.75) is 48.8 Å². The molecule has 0 amide bonds. The van der Waals surface area contributed by atoms with Crippen LogP contribution in [0.15, 0.2) is 64.4 Å². The maximum absolute atomic E-state index is 13.2. The van der Waals surface area contributed by atoms with E-state index in [4.69, 9.17) is 0 Å². The van der Waals surface area contributed by atoms with Gasteiger partial charge in [0.1, 0.15) is 4.90 Å². The van der Waals surface area contributed by atoms with Gasteiger partial charge in [-0.1, -0.05) is 62.6 Å². The molecule has 1 aromatic heterocycles. The van der Waals surface area contributed by atoms with Crippen molar-refractivity contribution in [3.05, 3.63) is 60.3 Å². The summed E-state index contributed by atoms with van der Waals surface area (Å²) in [6.07, 6.45) is 5.23. The molecule has 0 aliphatic rings. The van der Waals surface area contributed by atoms with Gasteiger partial charge in [0.25, 0.3) is 0 Å². The molecule has 1 N–H and O–H groups in total. The highest BCUT2D eigenvalue weighted by atomic mass is 32.2. The highest BCUT2D eigenvalue weighted by molar-refractivity contribution is 7.91. The Balaban J connectivity index is 2.08. The van der Waals surface area contributed by atoms with Crippen molar-refractivity contribution in [1.29, 1.82) is 0 Å². The smallest absolute Gasteiger partial charge is 0.208 e. The number of para-hydroxylation sites is 1. The molecule has 3 nitrogen and oxygen atoms in total. The number of H-pyrrole nitrogens is 1. The summed E-state index contributed by atoms with van der Waals surface area (Å²) in [6.45, 7) is 2.17. The number of sulfone groups is 1. The van der Waals surface area contributed by atoms with E-state index in [1.54, 1.807) is 24.3 Å². The number of nitrogens with one attached hydrogen (secondary N) is 1. The second-order valence-electron chi connectivity index (χ2n) is 6.11. The van der Waals surface area contributed by atoms with Gasteiger partial charge in [0.15, 0.2) is 0 Å². The molecule has 0 saturated carbocycles. The van der Waals surface area contributed by atoms with Crippen molar-refractivity contribution >= 4 is 20.7 Å². The zero-order chi connectivity index (χ0) is 17.0. The van der Waals surface area contributed by atoms with Gasteiger partial charge in [0.05, 0.1) is 4.90 Å². The quantitative estimate of drug-likeness (QED) is 0.606. The van der Waals surface area contributed by atoms with Crippen LogP contribution < -0.4 is 0 Å². The summed E-state index contributed by atoms with van der Waals surface area (Å²) < 4.78 is 26.4. The van der Waals surface area contributed by atoms with Crippen LogP contribution in [0.3, 0.4) is 0 Å². The first-order chi connectivity index (χ1) is 11.6. The Bertz CT molecular complexity index is 911. The van der Waals surface area contributed by atoms with E-state index >= 15 is 0 Å². The average Bonchev–Trinajstić information content (AvgIpc) is 2.98. The monoisotopic (exact) mass is 341 g/mol. The first-order valence-electron chi connectivity index (χ1n) is 8.54. The number of hydrogen-bond donors (Lipinski definition) is 1. The van der Waals surface area contributed by atoms with Crippen LogP contribution in [0.25, 0.3) is 10.9 Å². The average molecular weight is 341 g/mol. The third-order valence-corrected chi connectivity index (χ3v) is 6.23. The van der Waals surface area contributed by atoms with E-state index in [-0.39, 0.29) is 0 Å². The van der Waals surface area contributed by atoms with Gasteiger partial charge in [-0.2, -0.15) is 0 Å². The molecule has 3 rings (SSSR count). The van der Waals surface area contributed by atoms with Crippen molar-refractivity contribution in [2.24, 2.45) is 0 Å². The number of unbranched alkanes of at least 4 members (excludes halogenated alkanes) is 3. The van der Waals surface area contributed by atoms with Gasteiger partial charge in [0.2, 0.25) is 9.84 Å². The van der Waals surface area contributed by atoms with E-state index in [0.29, 0.717) is 9.79 Å². The maximum atomic E-state index is 13.2. The number of hydrogen-bond acceptors (Lipinski definition) is 2. The Morgan fingerprint density at radius 1 is 0.875 bits per heavy atom. The minimum absolute atomic E-state index is 0.351. The summed E-state index contributed by atoms with van der Waals surface area (Å²) in [4.78, 5) is 4.13. The third-order valence-electron chi connectivity index (χ3n) is 4.33. The highest BCUT2D eigenvalue weighted by Gasteiger charge is 2.25. The SMILES string of the molecule is CCCCCCc1[nH]c2ccccc2c1S(=O)(=O)c1ccccc1. The van der Waals surface area contributed by atoms with E-state index in [9.17, 15) is 8.42 Å². The van der Waals surface area contributed by atoms with Crippen molar-refractivity contribution in [1.82, 2.24) is 4.98 Å². The summed E-state index contributed by atoms with van der Waals surface area (Å²) >= 11 is 0. The molecule has 24 heavy (non-hydrogen) atoms. The number of rotatable bonds is 7. The number of aryl methyl sites for hydroxylation is 1. The zero-order valence-corrected chi connectivity index (χ0v) is 14.8. The fraction of sp³-hybridized carbons (Fsp3) is 0.300. The molecule has 0 fully saturated rings. The molecule has 126 valence electrons. The van der Waals surface area contributed by atoms with Crippen LogP contribution in [-0.4, -0.2) is 13.4 Å². The number of aromatic nitrogens is 1. The molecule has 4 heteroatoms. The lowest BCUT2D eigenvalue weighted by Gasteiger charge is -2.07. The summed E-state index contributed by atoms with van der Waals surface area (Å²) in [5.74, 6) is 0. The Hall–Kier alpha value is -2.07. The van der Waals surface area contributed by atoms with E-state index in [0.717, 1.165) is 35.9 Å². The molecule has 0 radical (unpaired) electrons. The van der Waals surface area contributed by atoms with Crippen molar-refractivity contribution in [3.63, 3.8) is 0 Å². The Labute approximate surface area is 143 Å². The standard InChI is InChI=1S/C20H23NO2S/c1-2-3-4-8-15-19-20(17-13-9-10-14-18(17)21-19)24(22,23)16-11-6-5-7-12-16/h5-7,9-14,21H,2-4,8,15H2,1H3. The molecule has 0 aliphatic heterocycles. The van der Waals surface area contributed by atoms with E-state index in [1.807, 2.05) is 30.3 Å². The molecular formula is C20H23NO2S. The first-order valence-corrected chi connectivity index (χ1v) is 10.0. The number of fused-ring (bicyclic) bond motifs is 1. The fourth-order valence-corrected chi connectivity index (χ4v) is 4.80. The van der Waals surface area contributed by atoms with Crippen molar-refractivity contribution < 1.29 is 8.42 Å². The molecule has 1 heterocycles. The van der Waals surface area contributed by atoms with Crippen LogP contribution in [0, 0.1) is 0 Å². The van der Waals surface area contributed by atoms with E-state index < -0.39 is 9.84 Å².